The van der Waals surface area contributed by atoms with E-state index in [0.717, 1.165) is 16.8 Å². The van der Waals surface area contributed by atoms with Crippen LogP contribution in [0.1, 0.15) is 24.5 Å². The second kappa shape index (κ2) is 8.52. The molecular formula is C25H23NO5. The fourth-order valence-electron chi connectivity index (χ4n) is 3.48. The molecule has 0 aliphatic carbocycles. The van der Waals surface area contributed by atoms with Crippen molar-refractivity contribution in [3.05, 3.63) is 82.2 Å². The summed E-state index contributed by atoms with van der Waals surface area (Å²) in [5.74, 6) is 0.130. The number of amides is 1. The number of furan rings is 1. The third-order valence-corrected chi connectivity index (χ3v) is 5.15. The van der Waals surface area contributed by atoms with E-state index in [1.807, 2.05) is 39.0 Å². The molecule has 0 saturated carbocycles. The lowest BCUT2D eigenvalue weighted by Crippen LogP contribution is -2.34. The Morgan fingerprint density at radius 1 is 1.03 bits per heavy atom. The molecule has 1 atom stereocenters. The summed E-state index contributed by atoms with van der Waals surface area (Å²) in [6.45, 7) is 5.68. The molecule has 1 N–H and O–H groups in total. The van der Waals surface area contributed by atoms with Crippen molar-refractivity contribution in [2.45, 2.75) is 33.3 Å². The van der Waals surface area contributed by atoms with Crippen LogP contribution in [0.2, 0.25) is 0 Å². The Balaban J connectivity index is 1.74. The Kier molecular flexibility index (Phi) is 5.62. The van der Waals surface area contributed by atoms with Crippen LogP contribution in [0.5, 0.6) is 5.75 Å². The summed E-state index contributed by atoms with van der Waals surface area (Å²) >= 11 is 0. The van der Waals surface area contributed by atoms with Gasteiger partial charge >= 0.3 is 0 Å². The second-order valence-electron chi connectivity index (χ2n) is 7.33. The Bertz CT molecular complexity index is 1270. The number of para-hydroxylation sites is 2. The molecule has 4 rings (SSSR count). The smallest absolute Gasteiger partial charge is 0.265 e. The molecule has 0 aliphatic heterocycles. The molecule has 6 heteroatoms. The summed E-state index contributed by atoms with van der Waals surface area (Å²) in [7, 11) is 0. The standard InChI is InChI=1S/C25H23NO5/c1-4-18(25(28)26-21-15(2)9-7-10-16(21)3)30-24-22(27)17-11-5-6-12-19(17)31-23(24)20-13-8-14-29-20/h5-14,18H,4H2,1-3H3,(H,26,28). The Labute approximate surface area is 179 Å². The number of benzene rings is 2. The number of nitrogens with one attached hydrogen (secondary N) is 1. The van der Waals surface area contributed by atoms with Crippen molar-refractivity contribution >= 4 is 22.6 Å². The SMILES string of the molecule is CCC(Oc1c(-c2ccco2)oc2ccccc2c1=O)C(=O)Nc1c(C)cccc1C. The molecule has 2 aromatic heterocycles. The molecular weight excluding hydrogens is 394 g/mol. The van der Waals surface area contributed by atoms with E-state index in [4.69, 9.17) is 13.6 Å². The van der Waals surface area contributed by atoms with Crippen LogP contribution >= 0.6 is 0 Å². The molecule has 158 valence electrons. The second-order valence-corrected chi connectivity index (χ2v) is 7.33. The number of carbonyl (C=O) groups excluding carboxylic acids is 1. The molecule has 0 radical (unpaired) electrons. The van der Waals surface area contributed by atoms with E-state index in [2.05, 4.69) is 5.32 Å². The van der Waals surface area contributed by atoms with Gasteiger partial charge in [0.1, 0.15) is 5.58 Å². The Morgan fingerprint density at radius 3 is 2.45 bits per heavy atom. The number of anilines is 1. The first-order valence-electron chi connectivity index (χ1n) is 10.1. The van der Waals surface area contributed by atoms with Crippen molar-refractivity contribution in [3.63, 3.8) is 0 Å². The maximum atomic E-state index is 13.2. The van der Waals surface area contributed by atoms with E-state index >= 15 is 0 Å². The zero-order valence-electron chi connectivity index (χ0n) is 17.6. The summed E-state index contributed by atoms with van der Waals surface area (Å²) < 4.78 is 17.4. The predicted octanol–water partition coefficient (Wildman–Crippen LogP) is 5.47. The van der Waals surface area contributed by atoms with Gasteiger partial charge in [0.05, 0.1) is 11.6 Å². The molecule has 2 aromatic carbocycles. The van der Waals surface area contributed by atoms with Gasteiger partial charge in [0.15, 0.2) is 11.9 Å². The summed E-state index contributed by atoms with van der Waals surface area (Å²) in [5.41, 5.74) is 2.70. The van der Waals surface area contributed by atoms with E-state index in [1.165, 1.54) is 6.26 Å². The molecule has 0 aliphatic rings. The fraction of sp³-hybridized carbons (Fsp3) is 0.200. The van der Waals surface area contributed by atoms with Gasteiger partial charge in [-0.05, 0) is 55.7 Å². The van der Waals surface area contributed by atoms with Gasteiger partial charge in [-0.2, -0.15) is 0 Å². The minimum Gasteiger partial charge on any atom is -0.473 e. The summed E-state index contributed by atoms with van der Waals surface area (Å²) in [6.07, 6.45) is 0.955. The number of rotatable bonds is 6. The van der Waals surface area contributed by atoms with Crippen molar-refractivity contribution in [3.8, 4) is 17.3 Å². The molecule has 0 fully saturated rings. The van der Waals surface area contributed by atoms with Crippen LogP contribution in [0.3, 0.4) is 0 Å². The molecule has 1 unspecified atom stereocenters. The summed E-state index contributed by atoms with van der Waals surface area (Å²) in [4.78, 5) is 26.3. The quantitative estimate of drug-likeness (QED) is 0.450. The van der Waals surface area contributed by atoms with E-state index < -0.39 is 6.10 Å². The highest BCUT2D eigenvalue weighted by molar-refractivity contribution is 5.96. The van der Waals surface area contributed by atoms with Crippen LogP contribution in [0, 0.1) is 13.8 Å². The molecule has 6 nitrogen and oxygen atoms in total. The lowest BCUT2D eigenvalue weighted by Gasteiger charge is -2.19. The number of fused-ring (bicyclic) bond motifs is 1. The van der Waals surface area contributed by atoms with Crippen molar-refractivity contribution in [2.24, 2.45) is 0 Å². The van der Waals surface area contributed by atoms with Crippen LogP contribution in [0.25, 0.3) is 22.5 Å². The molecule has 31 heavy (non-hydrogen) atoms. The topological polar surface area (TPSA) is 81.7 Å². The van der Waals surface area contributed by atoms with Crippen LogP contribution in [-0.2, 0) is 4.79 Å². The highest BCUT2D eigenvalue weighted by Crippen LogP contribution is 2.32. The predicted molar refractivity (Wildman–Crippen MR) is 119 cm³/mol. The average Bonchev–Trinajstić information content (AvgIpc) is 3.30. The van der Waals surface area contributed by atoms with Gasteiger partial charge in [-0.15, -0.1) is 0 Å². The van der Waals surface area contributed by atoms with Crippen molar-refractivity contribution in [1.82, 2.24) is 0 Å². The number of aryl methyl sites for hydroxylation is 2. The van der Waals surface area contributed by atoms with Crippen LogP contribution in [0.15, 0.2) is 74.5 Å². The van der Waals surface area contributed by atoms with Crippen LogP contribution in [0.4, 0.5) is 5.69 Å². The van der Waals surface area contributed by atoms with Crippen molar-refractivity contribution in [1.29, 1.82) is 0 Å². The number of ether oxygens (including phenoxy) is 1. The van der Waals surface area contributed by atoms with Gasteiger partial charge < -0.3 is 18.9 Å². The van der Waals surface area contributed by atoms with E-state index in [1.54, 1.807) is 36.4 Å². The van der Waals surface area contributed by atoms with Crippen molar-refractivity contribution in [2.75, 3.05) is 5.32 Å². The largest absolute Gasteiger partial charge is 0.473 e. The van der Waals surface area contributed by atoms with Crippen LogP contribution < -0.4 is 15.5 Å². The van der Waals surface area contributed by atoms with Gasteiger partial charge in [0, 0.05) is 5.69 Å². The van der Waals surface area contributed by atoms with Crippen LogP contribution in [-0.4, -0.2) is 12.0 Å². The fourth-order valence-corrected chi connectivity index (χ4v) is 3.48. The number of hydrogen-bond donors (Lipinski definition) is 1. The highest BCUT2D eigenvalue weighted by Gasteiger charge is 2.26. The highest BCUT2D eigenvalue weighted by atomic mass is 16.5. The maximum Gasteiger partial charge on any atom is 0.265 e. The third kappa shape index (κ3) is 3.97. The first kappa shape index (κ1) is 20.5. The van der Waals surface area contributed by atoms with E-state index in [9.17, 15) is 9.59 Å². The minimum atomic E-state index is -0.892. The molecule has 0 saturated heterocycles. The monoisotopic (exact) mass is 417 g/mol. The van der Waals surface area contributed by atoms with Gasteiger partial charge in [-0.3, -0.25) is 9.59 Å². The van der Waals surface area contributed by atoms with Gasteiger partial charge in [0.25, 0.3) is 5.91 Å². The lowest BCUT2D eigenvalue weighted by molar-refractivity contribution is -0.122. The first-order chi connectivity index (χ1) is 15.0. The zero-order chi connectivity index (χ0) is 22.0. The zero-order valence-corrected chi connectivity index (χ0v) is 17.6. The average molecular weight is 417 g/mol. The summed E-state index contributed by atoms with van der Waals surface area (Å²) in [5, 5.41) is 3.31. The molecule has 0 spiro atoms. The van der Waals surface area contributed by atoms with Gasteiger partial charge in [0.2, 0.25) is 16.9 Å². The minimum absolute atomic E-state index is 0.0443. The first-order valence-corrected chi connectivity index (χ1v) is 10.1. The normalized spacial score (nSPS) is 12.0. The lowest BCUT2D eigenvalue weighted by atomic mass is 10.1. The number of hydrogen-bond acceptors (Lipinski definition) is 5. The van der Waals surface area contributed by atoms with Crippen molar-refractivity contribution < 1.29 is 18.4 Å². The maximum absolute atomic E-state index is 13.2. The van der Waals surface area contributed by atoms with E-state index in [-0.39, 0.29) is 22.8 Å². The Hall–Kier alpha value is -3.80. The number of carbonyl (C=O) groups is 1. The van der Waals surface area contributed by atoms with Gasteiger partial charge in [-0.1, -0.05) is 37.3 Å². The Morgan fingerprint density at radius 2 is 1.77 bits per heavy atom. The van der Waals surface area contributed by atoms with E-state index in [0.29, 0.717) is 23.2 Å². The third-order valence-electron chi connectivity index (χ3n) is 5.15. The van der Waals surface area contributed by atoms with Gasteiger partial charge in [-0.25, -0.2) is 0 Å². The molecule has 4 aromatic rings. The molecule has 0 bridgehead atoms. The molecule has 2 heterocycles. The molecule has 1 amide bonds. The summed E-state index contributed by atoms with van der Waals surface area (Å²) in [6, 6.07) is 16.1.